The van der Waals surface area contributed by atoms with Gasteiger partial charge in [0.25, 0.3) is 6.47 Å². The molecule has 1 N–H and O–H groups in total. The van der Waals surface area contributed by atoms with Crippen molar-refractivity contribution < 1.29 is 31.9 Å². The van der Waals surface area contributed by atoms with Crippen LogP contribution in [0.1, 0.15) is 24.3 Å². The predicted molar refractivity (Wildman–Crippen MR) is 102 cm³/mol. The number of likely N-dealkylation sites (N-methyl/N-ethyl adjacent to an activating group) is 1. The molecule has 0 aliphatic carbocycles. The highest BCUT2D eigenvalue weighted by atomic mass is 19.4. The van der Waals surface area contributed by atoms with E-state index in [2.05, 4.69) is 5.32 Å². The summed E-state index contributed by atoms with van der Waals surface area (Å²) in [6.07, 6.45) is -3.41. The average molecular weight is 431 g/mol. The van der Waals surface area contributed by atoms with E-state index in [1.807, 2.05) is 0 Å². The Kier molecular flexibility index (Phi) is 6.84. The number of benzene rings is 1. The normalized spacial score (nSPS) is 18.6. The Labute approximate surface area is 172 Å². The van der Waals surface area contributed by atoms with Gasteiger partial charge in [-0.05, 0) is 31.2 Å². The van der Waals surface area contributed by atoms with Gasteiger partial charge >= 0.3 is 6.18 Å². The number of nitrogens with one attached hydrogen (secondary N) is 1. The molecule has 2 fully saturated rings. The number of ether oxygens (including phenoxy) is 1. The van der Waals surface area contributed by atoms with E-state index in [1.54, 1.807) is 18.0 Å². The van der Waals surface area contributed by atoms with Crippen LogP contribution in [0.25, 0.3) is 0 Å². The van der Waals surface area contributed by atoms with Crippen LogP contribution < -0.4 is 10.2 Å². The van der Waals surface area contributed by atoms with E-state index in [0.29, 0.717) is 32.4 Å². The van der Waals surface area contributed by atoms with Crippen LogP contribution in [0.5, 0.6) is 0 Å². The first-order chi connectivity index (χ1) is 14.2. The van der Waals surface area contributed by atoms with Gasteiger partial charge in [0.05, 0.1) is 11.6 Å². The minimum Gasteiger partial charge on any atom is -0.466 e. The van der Waals surface area contributed by atoms with Gasteiger partial charge in [-0.15, -0.1) is 0 Å². The van der Waals surface area contributed by atoms with Crippen LogP contribution in [-0.2, 0) is 14.3 Å². The molecule has 1 aromatic rings. The molecule has 2 saturated heterocycles. The molecule has 1 amide bonds. The Balaban J connectivity index is 1.46. The maximum Gasteiger partial charge on any atom is 0.395 e. The molecule has 0 spiro atoms. The van der Waals surface area contributed by atoms with Gasteiger partial charge in [0.2, 0.25) is 5.91 Å². The Morgan fingerprint density at radius 1 is 1.30 bits per heavy atom. The smallest absolute Gasteiger partial charge is 0.395 e. The number of hydrogen-bond donors (Lipinski definition) is 1. The zero-order valence-corrected chi connectivity index (χ0v) is 16.6. The number of hydrogen-bond acceptors (Lipinski definition) is 5. The lowest BCUT2D eigenvalue weighted by molar-refractivity contribution is -0.180. The van der Waals surface area contributed by atoms with Crippen LogP contribution in [-0.4, -0.2) is 69.3 Å². The SMILES string of the molecule is CNC(CCC(=O)N1CC(c2ccc(N3CC(C(F)(F)F)C3)c(F)c2)C1)COC=O. The van der Waals surface area contributed by atoms with E-state index >= 15 is 0 Å². The standard InChI is InChI=1S/C20H25F4N3O3/c1-25-16(11-30-12-28)3-5-19(29)27-7-14(8-27)13-2-4-18(17(21)6-13)26-9-15(10-26)20(22,23)24/h2,4,6,12,14-16,25H,3,5,7-11H2,1H3. The summed E-state index contributed by atoms with van der Waals surface area (Å²) < 4.78 is 57.0. The van der Waals surface area contributed by atoms with Gasteiger partial charge in [0, 0.05) is 44.6 Å². The van der Waals surface area contributed by atoms with Crippen molar-refractivity contribution in [1.82, 2.24) is 10.2 Å². The number of rotatable bonds is 9. The van der Waals surface area contributed by atoms with Gasteiger partial charge in [-0.1, -0.05) is 6.07 Å². The predicted octanol–water partition coefficient (Wildman–Crippen LogP) is 2.29. The first kappa shape index (κ1) is 22.3. The molecule has 1 aromatic carbocycles. The second kappa shape index (κ2) is 9.20. The zero-order valence-electron chi connectivity index (χ0n) is 16.6. The minimum absolute atomic E-state index is 0.00954. The van der Waals surface area contributed by atoms with Gasteiger partial charge < -0.3 is 19.9 Å². The minimum atomic E-state index is -4.25. The summed E-state index contributed by atoms with van der Waals surface area (Å²) >= 11 is 0. The van der Waals surface area contributed by atoms with Crippen LogP contribution >= 0.6 is 0 Å². The molecule has 2 heterocycles. The number of nitrogens with zero attached hydrogens (tertiary/aromatic N) is 2. The molecule has 1 unspecified atom stereocenters. The van der Waals surface area contributed by atoms with E-state index < -0.39 is 17.9 Å². The van der Waals surface area contributed by atoms with E-state index in [9.17, 15) is 27.2 Å². The molecule has 166 valence electrons. The quantitative estimate of drug-likeness (QED) is 0.480. The van der Waals surface area contributed by atoms with Crippen LogP contribution in [0, 0.1) is 11.7 Å². The van der Waals surface area contributed by atoms with Gasteiger partial charge in [-0.25, -0.2) is 4.39 Å². The molecule has 10 heteroatoms. The fraction of sp³-hybridized carbons (Fsp3) is 0.600. The lowest BCUT2D eigenvalue weighted by Crippen LogP contribution is -2.53. The number of anilines is 1. The van der Waals surface area contributed by atoms with E-state index in [1.165, 1.54) is 17.0 Å². The maximum absolute atomic E-state index is 14.4. The molecular weight excluding hydrogens is 406 g/mol. The number of amides is 1. The molecule has 0 radical (unpaired) electrons. The summed E-state index contributed by atoms with van der Waals surface area (Å²) in [5.74, 6) is -1.95. The van der Waals surface area contributed by atoms with Crippen LogP contribution in [0.3, 0.4) is 0 Å². The molecule has 30 heavy (non-hydrogen) atoms. The molecule has 3 rings (SSSR count). The topological polar surface area (TPSA) is 61.9 Å². The molecule has 0 aromatic heterocycles. The maximum atomic E-state index is 14.4. The first-order valence-corrected chi connectivity index (χ1v) is 9.84. The number of alkyl halides is 3. The lowest BCUT2D eigenvalue weighted by atomic mass is 9.90. The summed E-state index contributed by atoms with van der Waals surface area (Å²) in [7, 11) is 1.73. The molecule has 2 aliphatic rings. The van der Waals surface area contributed by atoms with Crippen molar-refractivity contribution >= 4 is 18.1 Å². The largest absolute Gasteiger partial charge is 0.466 e. The fourth-order valence-electron chi connectivity index (χ4n) is 3.73. The van der Waals surface area contributed by atoms with Crippen molar-refractivity contribution in [2.24, 2.45) is 5.92 Å². The second-order valence-electron chi connectivity index (χ2n) is 7.80. The number of likely N-dealkylation sites (tertiary alicyclic amines) is 1. The van der Waals surface area contributed by atoms with Gasteiger partial charge in [-0.3, -0.25) is 9.59 Å². The van der Waals surface area contributed by atoms with Crippen molar-refractivity contribution in [3.63, 3.8) is 0 Å². The third-order valence-corrected chi connectivity index (χ3v) is 5.84. The van der Waals surface area contributed by atoms with Gasteiger partial charge in [0.1, 0.15) is 12.4 Å². The Morgan fingerprint density at radius 3 is 2.57 bits per heavy atom. The van der Waals surface area contributed by atoms with E-state index in [4.69, 9.17) is 4.74 Å². The van der Waals surface area contributed by atoms with Crippen molar-refractivity contribution in [1.29, 1.82) is 0 Å². The average Bonchev–Trinajstić information content (AvgIpc) is 2.60. The lowest BCUT2D eigenvalue weighted by Gasteiger charge is -2.42. The van der Waals surface area contributed by atoms with E-state index in [0.717, 1.165) is 5.56 Å². The third kappa shape index (κ3) is 5.03. The zero-order chi connectivity index (χ0) is 21.9. The van der Waals surface area contributed by atoms with Crippen molar-refractivity contribution in [2.75, 3.05) is 44.7 Å². The number of halogens is 4. The highest BCUT2D eigenvalue weighted by molar-refractivity contribution is 5.77. The molecular formula is C20H25F4N3O3. The summed E-state index contributed by atoms with van der Waals surface area (Å²) in [5.41, 5.74) is 0.919. The van der Waals surface area contributed by atoms with Gasteiger partial charge in [-0.2, -0.15) is 13.2 Å². The molecule has 0 bridgehead atoms. The van der Waals surface area contributed by atoms with Gasteiger partial charge in [0.15, 0.2) is 0 Å². The number of carbonyl (C=O) groups is 2. The molecule has 0 saturated carbocycles. The Bertz CT molecular complexity index is 762. The molecule has 6 nitrogen and oxygen atoms in total. The highest BCUT2D eigenvalue weighted by Crippen LogP contribution is 2.38. The fourth-order valence-corrected chi connectivity index (χ4v) is 3.73. The van der Waals surface area contributed by atoms with Crippen molar-refractivity contribution in [3.05, 3.63) is 29.6 Å². The summed E-state index contributed by atoms with van der Waals surface area (Å²) in [6.45, 7) is 1.07. The second-order valence-corrected chi connectivity index (χ2v) is 7.80. The van der Waals surface area contributed by atoms with Crippen molar-refractivity contribution in [3.8, 4) is 0 Å². The summed E-state index contributed by atoms with van der Waals surface area (Å²) in [6, 6.07) is 4.50. The van der Waals surface area contributed by atoms with Crippen molar-refractivity contribution in [2.45, 2.75) is 31.0 Å². The monoisotopic (exact) mass is 431 g/mol. The number of carbonyl (C=O) groups excluding carboxylic acids is 2. The Morgan fingerprint density at radius 2 is 2.00 bits per heavy atom. The summed E-state index contributed by atoms with van der Waals surface area (Å²) in [4.78, 5) is 25.6. The van der Waals surface area contributed by atoms with Crippen LogP contribution in [0.15, 0.2) is 18.2 Å². The van der Waals surface area contributed by atoms with Crippen LogP contribution in [0.2, 0.25) is 0 Å². The first-order valence-electron chi connectivity index (χ1n) is 9.84. The summed E-state index contributed by atoms with van der Waals surface area (Å²) in [5, 5.41) is 2.98. The van der Waals surface area contributed by atoms with Crippen LogP contribution in [0.4, 0.5) is 23.2 Å². The van der Waals surface area contributed by atoms with E-state index in [-0.39, 0.29) is 43.3 Å². The molecule has 1 atom stereocenters. The molecule has 2 aliphatic heterocycles. The highest BCUT2D eigenvalue weighted by Gasteiger charge is 2.47. The Hall–Kier alpha value is -2.36. The third-order valence-electron chi connectivity index (χ3n) is 5.84.